The van der Waals surface area contributed by atoms with Crippen molar-refractivity contribution in [3.05, 3.63) is 70.8 Å². The van der Waals surface area contributed by atoms with E-state index in [4.69, 9.17) is 14.7 Å². The van der Waals surface area contributed by atoms with Crippen LogP contribution in [0, 0.1) is 6.92 Å². The van der Waals surface area contributed by atoms with Crippen LogP contribution in [-0.4, -0.2) is 21.6 Å². The summed E-state index contributed by atoms with van der Waals surface area (Å²) in [5.74, 6) is 1.39. The Morgan fingerprint density at radius 2 is 1.81 bits per heavy atom. The molecule has 132 valence electrons. The molecule has 0 N–H and O–H groups in total. The van der Waals surface area contributed by atoms with Crippen LogP contribution >= 0.6 is 11.3 Å². The van der Waals surface area contributed by atoms with Crippen molar-refractivity contribution in [3.8, 4) is 11.4 Å². The zero-order valence-corrected chi connectivity index (χ0v) is 15.6. The van der Waals surface area contributed by atoms with Gasteiger partial charge in [-0.2, -0.15) is 0 Å². The number of ether oxygens (including phenoxy) is 1. The summed E-state index contributed by atoms with van der Waals surface area (Å²) in [6.07, 6.45) is 0. The Morgan fingerprint density at radius 3 is 2.59 bits per heavy atom. The predicted molar refractivity (Wildman–Crippen MR) is 109 cm³/mol. The van der Waals surface area contributed by atoms with Gasteiger partial charge in [-0.15, -0.1) is 11.3 Å². The van der Waals surface area contributed by atoms with Crippen LogP contribution < -0.4 is 10.3 Å². The van der Waals surface area contributed by atoms with Crippen LogP contribution in [0.4, 0.5) is 0 Å². The van der Waals surface area contributed by atoms with Crippen molar-refractivity contribution in [2.45, 2.75) is 6.92 Å². The second-order valence-electron chi connectivity index (χ2n) is 6.31. The Labute approximate surface area is 158 Å². The standard InChI is InChI=1S/C21H15N3O2S/c1-12-22-18-16-11-13-5-3-4-6-17(13)23-20(16)27-19(18)21(25)24(12)14-7-9-15(26-2)10-8-14/h3-11H,1-2H3. The van der Waals surface area contributed by atoms with Crippen LogP contribution in [0.5, 0.6) is 5.75 Å². The van der Waals surface area contributed by atoms with Gasteiger partial charge in [-0.05, 0) is 43.3 Å². The molecule has 27 heavy (non-hydrogen) atoms. The molecular weight excluding hydrogens is 358 g/mol. The molecule has 0 saturated carbocycles. The van der Waals surface area contributed by atoms with Gasteiger partial charge in [0.05, 0.1) is 23.8 Å². The zero-order chi connectivity index (χ0) is 18.5. The molecule has 0 aliphatic rings. The number of hydrogen-bond acceptors (Lipinski definition) is 5. The van der Waals surface area contributed by atoms with Crippen molar-refractivity contribution < 1.29 is 4.74 Å². The molecule has 0 radical (unpaired) electrons. The number of pyridine rings is 1. The summed E-state index contributed by atoms with van der Waals surface area (Å²) < 4.78 is 7.46. The highest BCUT2D eigenvalue weighted by Gasteiger charge is 2.16. The minimum atomic E-state index is -0.0743. The first-order valence-electron chi connectivity index (χ1n) is 8.52. The summed E-state index contributed by atoms with van der Waals surface area (Å²) in [6.45, 7) is 1.85. The first-order valence-corrected chi connectivity index (χ1v) is 9.33. The number of para-hydroxylation sites is 1. The summed E-state index contributed by atoms with van der Waals surface area (Å²) in [7, 11) is 1.62. The number of benzene rings is 2. The molecule has 0 aliphatic carbocycles. The van der Waals surface area contributed by atoms with E-state index in [0.29, 0.717) is 10.5 Å². The van der Waals surface area contributed by atoms with Crippen LogP contribution in [0.2, 0.25) is 0 Å². The van der Waals surface area contributed by atoms with E-state index >= 15 is 0 Å². The molecule has 0 saturated heterocycles. The van der Waals surface area contributed by atoms with Gasteiger partial charge in [-0.1, -0.05) is 18.2 Å². The lowest BCUT2D eigenvalue weighted by atomic mass is 10.2. The van der Waals surface area contributed by atoms with Crippen molar-refractivity contribution in [2.75, 3.05) is 7.11 Å². The van der Waals surface area contributed by atoms with Gasteiger partial charge in [-0.25, -0.2) is 9.97 Å². The average Bonchev–Trinajstić information content (AvgIpc) is 3.04. The van der Waals surface area contributed by atoms with Crippen molar-refractivity contribution in [1.29, 1.82) is 0 Å². The lowest BCUT2D eigenvalue weighted by molar-refractivity contribution is 0.414. The van der Waals surface area contributed by atoms with Gasteiger partial charge < -0.3 is 4.74 Å². The molecule has 0 unspecified atom stereocenters. The Balaban J connectivity index is 1.82. The predicted octanol–water partition coefficient (Wildman–Crippen LogP) is 4.47. The Kier molecular flexibility index (Phi) is 3.48. The topological polar surface area (TPSA) is 57.0 Å². The van der Waals surface area contributed by atoms with E-state index in [-0.39, 0.29) is 5.56 Å². The Bertz CT molecular complexity index is 1380. The van der Waals surface area contributed by atoms with Crippen molar-refractivity contribution in [3.63, 3.8) is 0 Å². The lowest BCUT2D eigenvalue weighted by Crippen LogP contribution is -2.21. The van der Waals surface area contributed by atoms with Gasteiger partial charge in [0, 0.05) is 10.8 Å². The van der Waals surface area contributed by atoms with Crippen LogP contribution in [0.15, 0.2) is 59.4 Å². The fourth-order valence-corrected chi connectivity index (χ4v) is 4.40. The van der Waals surface area contributed by atoms with E-state index in [2.05, 4.69) is 6.07 Å². The molecule has 0 fully saturated rings. The maximum atomic E-state index is 13.2. The summed E-state index contributed by atoms with van der Waals surface area (Å²) in [5, 5.41) is 1.97. The summed E-state index contributed by atoms with van der Waals surface area (Å²) in [4.78, 5) is 23.6. The molecule has 0 amide bonds. The van der Waals surface area contributed by atoms with Crippen LogP contribution in [0.25, 0.3) is 37.0 Å². The largest absolute Gasteiger partial charge is 0.497 e. The number of aryl methyl sites for hydroxylation is 1. The fraction of sp³-hybridized carbons (Fsp3) is 0.0952. The number of rotatable bonds is 2. The van der Waals surface area contributed by atoms with E-state index in [9.17, 15) is 4.79 Å². The Hall–Kier alpha value is -3.25. The molecule has 2 aromatic carbocycles. The minimum Gasteiger partial charge on any atom is -0.497 e. The summed E-state index contributed by atoms with van der Waals surface area (Å²) in [6, 6.07) is 17.4. The average molecular weight is 373 g/mol. The smallest absolute Gasteiger partial charge is 0.276 e. The lowest BCUT2D eigenvalue weighted by Gasteiger charge is -2.10. The van der Waals surface area contributed by atoms with Crippen molar-refractivity contribution in [1.82, 2.24) is 14.5 Å². The van der Waals surface area contributed by atoms with Crippen molar-refractivity contribution >= 4 is 42.7 Å². The third kappa shape index (κ3) is 2.41. The molecule has 0 spiro atoms. The highest BCUT2D eigenvalue weighted by atomic mass is 32.1. The normalized spacial score (nSPS) is 11.5. The molecule has 3 heterocycles. The van der Waals surface area contributed by atoms with Gasteiger partial charge in [0.25, 0.3) is 5.56 Å². The fourth-order valence-electron chi connectivity index (χ4n) is 3.36. The first kappa shape index (κ1) is 16.0. The number of nitrogens with zero attached hydrogens (tertiary/aromatic N) is 3. The number of fused-ring (bicyclic) bond motifs is 4. The van der Waals surface area contributed by atoms with Gasteiger partial charge in [0.15, 0.2) is 0 Å². The quantitative estimate of drug-likeness (QED) is 0.458. The van der Waals surface area contributed by atoms with Gasteiger partial charge in [-0.3, -0.25) is 9.36 Å². The van der Waals surface area contributed by atoms with Gasteiger partial charge in [0.2, 0.25) is 0 Å². The molecule has 5 nitrogen and oxygen atoms in total. The van der Waals surface area contributed by atoms with E-state index in [1.807, 2.05) is 55.5 Å². The van der Waals surface area contributed by atoms with Gasteiger partial charge >= 0.3 is 0 Å². The molecule has 0 atom stereocenters. The number of methoxy groups -OCH3 is 1. The van der Waals surface area contributed by atoms with Crippen LogP contribution in [0.3, 0.4) is 0 Å². The molecular formula is C21H15N3O2S. The molecule has 5 aromatic rings. The maximum Gasteiger partial charge on any atom is 0.276 e. The number of aromatic nitrogens is 3. The minimum absolute atomic E-state index is 0.0743. The van der Waals surface area contributed by atoms with Crippen molar-refractivity contribution in [2.24, 2.45) is 0 Å². The van der Waals surface area contributed by atoms with E-state index in [0.717, 1.165) is 38.1 Å². The Morgan fingerprint density at radius 1 is 1.04 bits per heavy atom. The highest BCUT2D eigenvalue weighted by Crippen LogP contribution is 2.32. The first-order chi connectivity index (χ1) is 13.2. The van der Waals surface area contributed by atoms with Gasteiger partial charge in [0.1, 0.15) is 21.1 Å². The zero-order valence-electron chi connectivity index (χ0n) is 14.8. The molecule has 0 aliphatic heterocycles. The monoisotopic (exact) mass is 373 g/mol. The second kappa shape index (κ2) is 5.89. The van der Waals surface area contributed by atoms with Crippen LogP contribution in [0.1, 0.15) is 5.82 Å². The highest BCUT2D eigenvalue weighted by molar-refractivity contribution is 7.25. The van der Waals surface area contributed by atoms with Crippen LogP contribution in [-0.2, 0) is 0 Å². The molecule has 5 rings (SSSR count). The summed E-state index contributed by atoms with van der Waals surface area (Å²) >= 11 is 1.40. The molecule has 0 bridgehead atoms. The molecule has 3 aromatic heterocycles. The summed E-state index contributed by atoms with van der Waals surface area (Å²) in [5.41, 5.74) is 2.34. The third-order valence-electron chi connectivity index (χ3n) is 4.68. The maximum absolute atomic E-state index is 13.2. The number of hydrogen-bond donors (Lipinski definition) is 0. The van der Waals surface area contributed by atoms with E-state index in [1.165, 1.54) is 11.3 Å². The third-order valence-corrected chi connectivity index (χ3v) is 5.76. The second-order valence-corrected chi connectivity index (χ2v) is 7.31. The SMILES string of the molecule is COc1ccc(-n2c(C)nc3c(sc4nc5ccccc5cc43)c2=O)cc1. The van der Waals surface area contributed by atoms with E-state index < -0.39 is 0 Å². The van der Waals surface area contributed by atoms with E-state index in [1.54, 1.807) is 11.7 Å². The molecule has 6 heteroatoms. The number of thiophene rings is 1.